The fourth-order valence-corrected chi connectivity index (χ4v) is 4.59. The molecule has 0 unspecified atom stereocenters. The highest BCUT2D eigenvalue weighted by atomic mass is 32.2. The lowest BCUT2D eigenvalue weighted by atomic mass is 10.2. The zero-order valence-electron chi connectivity index (χ0n) is 14.7. The molecule has 0 radical (unpaired) electrons. The molecule has 0 N–H and O–H groups in total. The molecule has 0 aliphatic heterocycles. The van der Waals surface area contributed by atoms with Gasteiger partial charge in [-0.3, -0.25) is 4.57 Å². The number of benzene rings is 1. The Kier molecular flexibility index (Phi) is 6.10. The van der Waals surface area contributed by atoms with E-state index in [1.165, 1.54) is 16.0 Å². The fourth-order valence-electron chi connectivity index (χ4n) is 2.73. The number of hydrogen-bond donors (Lipinski definition) is 0. The number of hydrogen-bond acceptors (Lipinski definition) is 4. The third kappa shape index (κ3) is 4.41. The van der Waals surface area contributed by atoms with Crippen LogP contribution in [0.2, 0.25) is 0 Å². The van der Waals surface area contributed by atoms with Crippen LogP contribution in [0, 0.1) is 6.92 Å². The van der Waals surface area contributed by atoms with Crippen molar-refractivity contribution in [1.82, 2.24) is 14.8 Å². The maximum atomic E-state index is 4.46. The van der Waals surface area contributed by atoms with E-state index in [2.05, 4.69) is 70.9 Å². The molecule has 0 saturated carbocycles. The maximum absolute atomic E-state index is 4.46. The highest BCUT2D eigenvalue weighted by molar-refractivity contribution is 7.98. The molecule has 130 valence electrons. The third-order valence-electron chi connectivity index (χ3n) is 3.89. The Labute approximate surface area is 157 Å². The molecule has 0 spiro atoms. The minimum Gasteiger partial charge on any atom is -0.298 e. The first kappa shape index (κ1) is 18.0. The Morgan fingerprint density at radius 3 is 2.92 bits per heavy atom. The maximum Gasteiger partial charge on any atom is 0.192 e. The molecule has 1 aromatic carbocycles. The van der Waals surface area contributed by atoms with Crippen molar-refractivity contribution in [3.8, 4) is 11.4 Å². The third-order valence-corrected chi connectivity index (χ3v) is 5.92. The molecule has 25 heavy (non-hydrogen) atoms. The van der Waals surface area contributed by atoms with Crippen LogP contribution in [-0.2, 0) is 18.7 Å². The summed E-state index contributed by atoms with van der Waals surface area (Å²) < 4.78 is 2.16. The van der Waals surface area contributed by atoms with Crippen molar-refractivity contribution in [3.63, 3.8) is 0 Å². The normalized spacial score (nSPS) is 11.0. The Morgan fingerprint density at radius 2 is 2.16 bits per heavy atom. The summed E-state index contributed by atoms with van der Waals surface area (Å²) in [5.74, 6) is 1.83. The fraction of sp³-hybridized carbons (Fsp3) is 0.300. The molecule has 3 nitrogen and oxygen atoms in total. The lowest BCUT2D eigenvalue weighted by Crippen LogP contribution is -2.00. The van der Waals surface area contributed by atoms with Gasteiger partial charge in [-0.1, -0.05) is 61.0 Å². The van der Waals surface area contributed by atoms with Gasteiger partial charge in [0.05, 0.1) is 0 Å². The summed E-state index contributed by atoms with van der Waals surface area (Å²) in [6.07, 6.45) is 4.19. The van der Waals surface area contributed by atoms with Crippen molar-refractivity contribution in [3.05, 3.63) is 64.4 Å². The Morgan fingerprint density at radius 1 is 1.28 bits per heavy atom. The predicted molar refractivity (Wildman–Crippen MR) is 108 cm³/mol. The van der Waals surface area contributed by atoms with Crippen LogP contribution in [0.25, 0.3) is 11.4 Å². The molecule has 3 aromatic rings. The molecule has 0 fully saturated rings. The molecule has 2 aromatic heterocycles. The van der Waals surface area contributed by atoms with Crippen molar-refractivity contribution < 1.29 is 0 Å². The zero-order valence-corrected chi connectivity index (χ0v) is 16.4. The second-order valence-corrected chi connectivity index (χ2v) is 7.97. The summed E-state index contributed by atoms with van der Waals surface area (Å²) in [5, 5.41) is 12.0. The van der Waals surface area contributed by atoms with E-state index in [1.54, 1.807) is 23.1 Å². The van der Waals surface area contributed by atoms with E-state index in [1.807, 2.05) is 6.08 Å². The molecule has 2 heterocycles. The van der Waals surface area contributed by atoms with Gasteiger partial charge in [-0.25, -0.2) is 0 Å². The topological polar surface area (TPSA) is 30.7 Å². The second-order valence-electron chi connectivity index (χ2n) is 6.03. The zero-order chi connectivity index (χ0) is 17.6. The molecule has 0 aliphatic rings. The quantitative estimate of drug-likeness (QED) is 0.374. The van der Waals surface area contributed by atoms with E-state index in [4.69, 9.17) is 0 Å². The summed E-state index contributed by atoms with van der Waals surface area (Å²) in [4.78, 5) is 1.40. The predicted octanol–water partition coefficient (Wildman–Crippen LogP) is 5.75. The standard InChI is InChI=1S/C20H23N3S2/c1-4-7-18-12-17(14-24-18)19-21-22-20(23(19)10-5-2)25-13-16-9-6-8-15(3)11-16/h5-6,8-9,11-12,14H,2,4,7,10,13H2,1,3H3. The van der Waals surface area contributed by atoms with E-state index in [9.17, 15) is 0 Å². The number of rotatable bonds is 8. The summed E-state index contributed by atoms with van der Waals surface area (Å²) in [6.45, 7) is 8.94. The van der Waals surface area contributed by atoms with Crippen LogP contribution in [0.1, 0.15) is 29.3 Å². The molecule has 3 rings (SSSR count). The Hall–Kier alpha value is -1.85. The lowest BCUT2D eigenvalue weighted by molar-refractivity contribution is 0.731. The van der Waals surface area contributed by atoms with Crippen LogP contribution < -0.4 is 0 Å². The highest BCUT2D eigenvalue weighted by Crippen LogP contribution is 2.29. The Balaban J connectivity index is 1.82. The van der Waals surface area contributed by atoms with Gasteiger partial charge in [0.15, 0.2) is 11.0 Å². The summed E-state index contributed by atoms with van der Waals surface area (Å²) in [6, 6.07) is 10.8. The van der Waals surface area contributed by atoms with Crippen LogP contribution in [0.4, 0.5) is 0 Å². The van der Waals surface area contributed by atoms with E-state index in [0.717, 1.165) is 41.7 Å². The molecule has 0 atom stereocenters. The van der Waals surface area contributed by atoms with Crippen molar-refractivity contribution in [1.29, 1.82) is 0 Å². The van der Waals surface area contributed by atoms with Gasteiger partial charge in [0.1, 0.15) is 0 Å². The summed E-state index contributed by atoms with van der Waals surface area (Å²) in [7, 11) is 0. The number of allylic oxidation sites excluding steroid dienone is 1. The number of thiophene rings is 1. The van der Waals surface area contributed by atoms with Gasteiger partial charge in [0, 0.05) is 28.1 Å². The van der Waals surface area contributed by atoms with E-state index >= 15 is 0 Å². The number of thioether (sulfide) groups is 1. The van der Waals surface area contributed by atoms with Crippen molar-refractivity contribution in [2.45, 2.75) is 44.1 Å². The number of aryl methyl sites for hydroxylation is 2. The average molecular weight is 370 g/mol. The highest BCUT2D eigenvalue weighted by Gasteiger charge is 2.15. The first-order valence-corrected chi connectivity index (χ1v) is 10.4. The molecule has 0 amide bonds. The van der Waals surface area contributed by atoms with Gasteiger partial charge in [0.25, 0.3) is 0 Å². The largest absolute Gasteiger partial charge is 0.298 e. The SMILES string of the molecule is C=CCn1c(SCc2cccc(C)c2)nnc1-c1csc(CCC)c1. The second kappa shape index (κ2) is 8.50. The summed E-state index contributed by atoms with van der Waals surface area (Å²) in [5.41, 5.74) is 3.75. The lowest BCUT2D eigenvalue weighted by Gasteiger charge is -2.07. The van der Waals surface area contributed by atoms with Crippen molar-refractivity contribution >= 4 is 23.1 Å². The van der Waals surface area contributed by atoms with E-state index in [-0.39, 0.29) is 0 Å². The van der Waals surface area contributed by atoms with E-state index < -0.39 is 0 Å². The van der Waals surface area contributed by atoms with Crippen LogP contribution in [0.5, 0.6) is 0 Å². The van der Waals surface area contributed by atoms with Gasteiger partial charge in [0.2, 0.25) is 0 Å². The Bertz CT molecular complexity index is 848. The van der Waals surface area contributed by atoms with Crippen LogP contribution in [0.15, 0.2) is 53.5 Å². The van der Waals surface area contributed by atoms with Gasteiger partial charge in [-0.15, -0.1) is 28.1 Å². The number of nitrogens with zero attached hydrogens (tertiary/aromatic N) is 3. The minimum atomic E-state index is 0.720. The van der Waals surface area contributed by atoms with Gasteiger partial charge < -0.3 is 0 Å². The molecule has 0 saturated heterocycles. The molecule has 0 bridgehead atoms. The van der Waals surface area contributed by atoms with Crippen molar-refractivity contribution in [2.75, 3.05) is 0 Å². The van der Waals surface area contributed by atoms with Gasteiger partial charge in [-0.05, 0) is 25.0 Å². The van der Waals surface area contributed by atoms with Crippen LogP contribution in [0.3, 0.4) is 0 Å². The molecule has 5 heteroatoms. The van der Waals surface area contributed by atoms with Gasteiger partial charge >= 0.3 is 0 Å². The summed E-state index contributed by atoms with van der Waals surface area (Å²) >= 11 is 3.53. The monoisotopic (exact) mass is 369 g/mol. The number of aromatic nitrogens is 3. The molecule has 0 aliphatic carbocycles. The van der Waals surface area contributed by atoms with Crippen LogP contribution >= 0.6 is 23.1 Å². The van der Waals surface area contributed by atoms with Gasteiger partial charge in [-0.2, -0.15) is 0 Å². The first-order valence-electron chi connectivity index (χ1n) is 8.51. The van der Waals surface area contributed by atoms with Crippen molar-refractivity contribution in [2.24, 2.45) is 0 Å². The van der Waals surface area contributed by atoms with E-state index in [0.29, 0.717) is 0 Å². The smallest absolute Gasteiger partial charge is 0.192 e. The minimum absolute atomic E-state index is 0.720. The average Bonchev–Trinajstić information content (AvgIpc) is 3.21. The first-order chi connectivity index (χ1) is 12.2. The molecular formula is C20H23N3S2. The molecular weight excluding hydrogens is 346 g/mol. The van der Waals surface area contributed by atoms with Crippen LogP contribution in [-0.4, -0.2) is 14.8 Å².